The van der Waals surface area contributed by atoms with Crippen molar-refractivity contribution >= 4 is 22.6 Å². The van der Waals surface area contributed by atoms with Crippen molar-refractivity contribution < 1.29 is 0 Å². The average molecular weight is 362 g/mol. The lowest BCUT2D eigenvalue weighted by Gasteiger charge is -2.11. The number of halogens is 1. The maximum atomic E-state index is 6.23. The minimum Gasteiger partial charge on any atom is -0.322 e. The minimum absolute atomic E-state index is 0.702. The lowest BCUT2D eigenvalue weighted by atomic mass is 10.2. The lowest BCUT2D eigenvalue weighted by Crippen LogP contribution is -2.17. The van der Waals surface area contributed by atoms with Crippen molar-refractivity contribution in [2.45, 2.75) is 19.6 Å². The van der Waals surface area contributed by atoms with Crippen molar-refractivity contribution in [3.63, 3.8) is 0 Å². The van der Waals surface area contributed by atoms with Crippen LogP contribution in [-0.2, 0) is 19.6 Å². The van der Waals surface area contributed by atoms with Crippen LogP contribution in [0.3, 0.4) is 0 Å². The summed E-state index contributed by atoms with van der Waals surface area (Å²) in [6, 6.07) is 26.7. The van der Waals surface area contributed by atoms with E-state index in [9.17, 15) is 0 Å². The molecule has 26 heavy (non-hydrogen) atoms. The summed E-state index contributed by atoms with van der Waals surface area (Å²) in [5.74, 6) is 1.02. The molecule has 0 bridgehead atoms. The summed E-state index contributed by atoms with van der Waals surface area (Å²) < 4.78 is 2.24. The van der Waals surface area contributed by atoms with Gasteiger partial charge in [-0.15, -0.1) is 0 Å². The van der Waals surface area contributed by atoms with E-state index in [4.69, 9.17) is 16.6 Å². The molecule has 1 aromatic heterocycles. The highest BCUT2D eigenvalue weighted by molar-refractivity contribution is 6.31. The zero-order valence-electron chi connectivity index (χ0n) is 14.4. The highest BCUT2D eigenvalue weighted by Crippen LogP contribution is 2.22. The van der Waals surface area contributed by atoms with Gasteiger partial charge in [-0.05, 0) is 29.3 Å². The molecule has 0 fully saturated rings. The number of nitrogens with zero attached hydrogens (tertiary/aromatic N) is 2. The Morgan fingerprint density at radius 3 is 2.23 bits per heavy atom. The molecule has 4 rings (SSSR count). The number of fused-ring (bicyclic) bond motifs is 1. The summed E-state index contributed by atoms with van der Waals surface area (Å²) in [6.45, 7) is 2.30. The lowest BCUT2D eigenvalue weighted by molar-refractivity contribution is 0.628. The quantitative estimate of drug-likeness (QED) is 0.522. The molecule has 0 atom stereocenters. The van der Waals surface area contributed by atoms with Crippen LogP contribution in [0, 0.1) is 0 Å². The van der Waals surface area contributed by atoms with E-state index >= 15 is 0 Å². The minimum atomic E-state index is 0.702. The molecule has 130 valence electrons. The Morgan fingerprint density at radius 1 is 0.808 bits per heavy atom. The second kappa shape index (κ2) is 7.73. The topological polar surface area (TPSA) is 29.9 Å². The molecule has 4 aromatic rings. The third-order valence-electron chi connectivity index (χ3n) is 4.43. The molecular weight excluding hydrogens is 342 g/mol. The first-order valence-corrected chi connectivity index (χ1v) is 9.10. The first-order valence-electron chi connectivity index (χ1n) is 8.73. The van der Waals surface area contributed by atoms with Crippen LogP contribution in [0.15, 0.2) is 78.9 Å². The van der Waals surface area contributed by atoms with Gasteiger partial charge in [-0.1, -0.05) is 72.3 Å². The van der Waals surface area contributed by atoms with Crippen LogP contribution in [0.2, 0.25) is 5.02 Å². The van der Waals surface area contributed by atoms with Gasteiger partial charge in [-0.25, -0.2) is 4.98 Å². The van der Waals surface area contributed by atoms with E-state index in [0.29, 0.717) is 6.54 Å². The van der Waals surface area contributed by atoms with E-state index in [2.05, 4.69) is 58.4 Å². The SMILES string of the molecule is Clc1ccc2nc(CNCc3ccccc3)n(Cc3ccccc3)c2c1. The summed E-state index contributed by atoms with van der Waals surface area (Å²) in [7, 11) is 0. The van der Waals surface area contributed by atoms with Gasteiger partial charge in [0.1, 0.15) is 5.82 Å². The number of aromatic nitrogens is 2. The molecule has 0 aliphatic heterocycles. The Hall–Kier alpha value is -2.62. The van der Waals surface area contributed by atoms with Crippen LogP contribution in [-0.4, -0.2) is 9.55 Å². The molecular formula is C22H20ClN3. The first kappa shape index (κ1) is 16.8. The third-order valence-corrected chi connectivity index (χ3v) is 4.66. The van der Waals surface area contributed by atoms with E-state index in [1.54, 1.807) is 0 Å². The van der Waals surface area contributed by atoms with Gasteiger partial charge in [-0.3, -0.25) is 0 Å². The first-order chi connectivity index (χ1) is 12.8. The summed E-state index contributed by atoms with van der Waals surface area (Å²) in [4.78, 5) is 4.82. The van der Waals surface area contributed by atoms with Crippen LogP contribution in [0.4, 0.5) is 0 Å². The van der Waals surface area contributed by atoms with Gasteiger partial charge in [0, 0.05) is 18.1 Å². The van der Waals surface area contributed by atoms with Gasteiger partial charge in [0.2, 0.25) is 0 Å². The van der Waals surface area contributed by atoms with Crippen LogP contribution in [0.1, 0.15) is 17.0 Å². The molecule has 0 saturated heterocycles. The van der Waals surface area contributed by atoms with E-state index < -0.39 is 0 Å². The Morgan fingerprint density at radius 2 is 1.50 bits per heavy atom. The highest BCUT2D eigenvalue weighted by Gasteiger charge is 2.11. The number of nitrogens with one attached hydrogen (secondary N) is 1. The van der Waals surface area contributed by atoms with Gasteiger partial charge in [0.25, 0.3) is 0 Å². The van der Waals surface area contributed by atoms with Crippen LogP contribution >= 0.6 is 11.6 Å². The maximum absolute atomic E-state index is 6.23. The zero-order valence-corrected chi connectivity index (χ0v) is 15.2. The van der Waals surface area contributed by atoms with E-state index in [-0.39, 0.29) is 0 Å². The molecule has 0 spiro atoms. The van der Waals surface area contributed by atoms with Crippen LogP contribution in [0.25, 0.3) is 11.0 Å². The zero-order chi connectivity index (χ0) is 17.8. The van der Waals surface area contributed by atoms with Crippen molar-refractivity contribution in [3.8, 4) is 0 Å². The Kier molecular flexibility index (Phi) is 5.00. The molecule has 1 N–H and O–H groups in total. The molecule has 0 amide bonds. The highest BCUT2D eigenvalue weighted by atomic mass is 35.5. The number of rotatable bonds is 6. The second-order valence-electron chi connectivity index (χ2n) is 6.32. The maximum Gasteiger partial charge on any atom is 0.124 e. The van der Waals surface area contributed by atoms with Crippen molar-refractivity contribution in [2.24, 2.45) is 0 Å². The molecule has 0 unspecified atom stereocenters. The normalized spacial score (nSPS) is 11.1. The fourth-order valence-corrected chi connectivity index (χ4v) is 3.30. The molecule has 0 radical (unpaired) electrons. The number of hydrogen-bond acceptors (Lipinski definition) is 2. The molecule has 3 nitrogen and oxygen atoms in total. The monoisotopic (exact) mass is 361 g/mol. The smallest absolute Gasteiger partial charge is 0.124 e. The number of imidazole rings is 1. The van der Waals surface area contributed by atoms with Gasteiger partial charge < -0.3 is 9.88 Å². The molecule has 4 heteroatoms. The number of benzene rings is 3. The fraction of sp³-hybridized carbons (Fsp3) is 0.136. The van der Waals surface area contributed by atoms with Gasteiger partial charge in [0.05, 0.1) is 17.6 Å². The summed E-state index contributed by atoms with van der Waals surface area (Å²) in [5.41, 5.74) is 4.55. The van der Waals surface area contributed by atoms with Crippen molar-refractivity contribution in [1.29, 1.82) is 0 Å². The molecule has 0 aliphatic rings. The summed E-state index contributed by atoms with van der Waals surface area (Å²) in [5, 5.41) is 4.24. The average Bonchev–Trinajstić information content (AvgIpc) is 3.00. The second-order valence-corrected chi connectivity index (χ2v) is 6.76. The Balaban J connectivity index is 1.61. The van der Waals surface area contributed by atoms with Crippen LogP contribution < -0.4 is 5.32 Å². The number of hydrogen-bond donors (Lipinski definition) is 1. The van der Waals surface area contributed by atoms with Crippen molar-refractivity contribution in [3.05, 3.63) is 101 Å². The van der Waals surface area contributed by atoms with Crippen molar-refractivity contribution in [1.82, 2.24) is 14.9 Å². The summed E-state index contributed by atoms with van der Waals surface area (Å²) >= 11 is 6.23. The molecule has 1 heterocycles. The Bertz CT molecular complexity index is 994. The van der Waals surface area contributed by atoms with Gasteiger partial charge in [-0.2, -0.15) is 0 Å². The van der Waals surface area contributed by atoms with Crippen molar-refractivity contribution in [2.75, 3.05) is 0 Å². The van der Waals surface area contributed by atoms with E-state index in [1.165, 1.54) is 11.1 Å². The third kappa shape index (κ3) is 3.79. The standard InChI is InChI=1S/C22H20ClN3/c23-19-11-12-20-21(13-19)26(16-18-9-5-2-6-10-18)22(25-20)15-24-14-17-7-3-1-4-8-17/h1-13,24H,14-16H2. The van der Waals surface area contributed by atoms with Gasteiger partial charge in [0.15, 0.2) is 0 Å². The Labute approximate surface area is 158 Å². The molecule has 0 saturated carbocycles. The van der Waals surface area contributed by atoms with E-state index in [1.807, 2.05) is 30.3 Å². The predicted octanol–water partition coefficient (Wildman–Crippen LogP) is 5.03. The largest absolute Gasteiger partial charge is 0.322 e. The summed E-state index contributed by atoms with van der Waals surface area (Å²) in [6.07, 6.45) is 0. The predicted molar refractivity (Wildman–Crippen MR) is 107 cm³/mol. The molecule has 3 aromatic carbocycles. The fourth-order valence-electron chi connectivity index (χ4n) is 3.14. The van der Waals surface area contributed by atoms with Crippen LogP contribution in [0.5, 0.6) is 0 Å². The molecule has 0 aliphatic carbocycles. The van der Waals surface area contributed by atoms with E-state index in [0.717, 1.165) is 35.0 Å². The van der Waals surface area contributed by atoms with Gasteiger partial charge >= 0.3 is 0 Å².